The van der Waals surface area contributed by atoms with Gasteiger partial charge in [-0.25, -0.2) is 4.98 Å². The molecule has 0 aliphatic carbocycles. The third-order valence-corrected chi connectivity index (χ3v) is 2.12. The van der Waals surface area contributed by atoms with E-state index in [2.05, 4.69) is 17.2 Å². The van der Waals surface area contributed by atoms with Crippen molar-refractivity contribution in [2.24, 2.45) is 0 Å². The third-order valence-electron chi connectivity index (χ3n) is 2.12. The molecule has 0 bridgehead atoms. The minimum Gasteiger partial charge on any atom is -0.382 e. The van der Waals surface area contributed by atoms with Crippen LogP contribution in [-0.2, 0) is 16.1 Å². The van der Waals surface area contributed by atoms with E-state index in [1.165, 1.54) is 0 Å². The van der Waals surface area contributed by atoms with Crippen molar-refractivity contribution < 1.29 is 9.47 Å². The highest BCUT2D eigenvalue weighted by Gasteiger charge is 2.01. The van der Waals surface area contributed by atoms with E-state index in [9.17, 15) is 0 Å². The second-order valence-corrected chi connectivity index (χ2v) is 3.48. The van der Waals surface area contributed by atoms with Crippen LogP contribution in [0.25, 0.3) is 0 Å². The summed E-state index contributed by atoms with van der Waals surface area (Å²) in [4.78, 5) is 4.29. The van der Waals surface area contributed by atoms with Crippen molar-refractivity contribution in [1.82, 2.24) is 4.98 Å². The van der Waals surface area contributed by atoms with Gasteiger partial charge < -0.3 is 14.8 Å². The summed E-state index contributed by atoms with van der Waals surface area (Å²) in [7, 11) is 1.67. The topological polar surface area (TPSA) is 43.4 Å². The quantitative estimate of drug-likeness (QED) is 0.686. The summed E-state index contributed by atoms with van der Waals surface area (Å²) in [6, 6.07) is 3.95. The van der Waals surface area contributed by atoms with Crippen LogP contribution < -0.4 is 5.32 Å². The molecule has 0 fully saturated rings. The standard InChI is InChI=1S/C12H20N2O2/c1-3-6-13-12-11(5-4-7-14-12)10-16-9-8-15-2/h4-5,7H,3,6,8-10H2,1-2H3,(H,13,14). The summed E-state index contributed by atoms with van der Waals surface area (Å²) in [5, 5.41) is 3.28. The van der Waals surface area contributed by atoms with Crippen molar-refractivity contribution in [2.75, 3.05) is 32.2 Å². The van der Waals surface area contributed by atoms with Gasteiger partial charge in [0.25, 0.3) is 0 Å². The zero-order chi connectivity index (χ0) is 11.6. The van der Waals surface area contributed by atoms with Crippen molar-refractivity contribution in [3.05, 3.63) is 23.9 Å². The van der Waals surface area contributed by atoms with Crippen molar-refractivity contribution in [3.8, 4) is 0 Å². The fourth-order valence-electron chi connectivity index (χ4n) is 1.28. The minimum absolute atomic E-state index is 0.573. The molecule has 0 spiro atoms. The van der Waals surface area contributed by atoms with E-state index >= 15 is 0 Å². The molecule has 16 heavy (non-hydrogen) atoms. The van der Waals surface area contributed by atoms with Crippen LogP contribution in [0, 0.1) is 0 Å². The van der Waals surface area contributed by atoms with Crippen LogP contribution in [0.2, 0.25) is 0 Å². The summed E-state index contributed by atoms with van der Waals surface area (Å²) in [6.45, 7) is 4.87. The maximum atomic E-state index is 5.48. The lowest BCUT2D eigenvalue weighted by molar-refractivity contribution is 0.0618. The van der Waals surface area contributed by atoms with Crippen molar-refractivity contribution >= 4 is 5.82 Å². The van der Waals surface area contributed by atoms with Gasteiger partial charge in [0.1, 0.15) is 5.82 Å². The first-order valence-electron chi connectivity index (χ1n) is 5.63. The number of methoxy groups -OCH3 is 1. The first-order chi connectivity index (χ1) is 7.88. The van der Waals surface area contributed by atoms with Gasteiger partial charge in [0.2, 0.25) is 0 Å². The summed E-state index contributed by atoms with van der Waals surface area (Å²) in [5.41, 5.74) is 1.09. The number of hydrogen-bond donors (Lipinski definition) is 1. The highest BCUT2D eigenvalue weighted by molar-refractivity contribution is 5.43. The number of ether oxygens (including phenoxy) is 2. The highest BCUT2D eigenvalue weighted by Crippen LogP contribution is 2.12. The van der Waals surface area contributed by atoms with E-state index in [4.69, 9.17) is 9.47 Å². The molecule has 1 N–H and O–H groups in total. The Balaban J connectivity index is 2.43. The molecular formula is C12H20N2O2. The van der Waals surface area contributed by atoms with Crippen LogP contribution in [0.3, 0.4) is 0 Å². The van der Waals surface area contributed by atoms with Gasteiger partial charge in [-0.1, -0.05) is 13.0 Å². The highest BCUT2D eigenvalue weighted by atomic mass is 16.5. The molecule has 0 aromatic carbocycles. The van der Waals surface area contributed by atoms with Gasteiger partial charge in [0, 0.05) is 25.4 Å². The predicted octanol–water partition coefficient (Wildman–Crippen LogP) is 2.07. The number of nitrogens with one attached hydrogen (secondary N) is 1. The SMILES string of the molecule is CCCNc1ncccc1COCCOC. The van der Waals surface area contributed by atoms with E-state index in [0.29, 0.717) is 19.8 Å². The number of aromatic nitrogens is 1. The Labute approximate surface area is 97.0 Å². The number of hydrogen-bond acceptors (Lipinski definition) is 4. The molecule has 1 aromatic heterocycles. The molecule has 1 rings (SSSR count). The van der Waals surface area contributed by atoms with Crippen LogP contribution in [0.5, 0.6) is 0 Å². The number of anilines is 1. The van der Waals surface area contributed by atoms with Crippen molar-refractivity contribution in [1.29, 1.82) is 0 Å². The lowest BCUT2D eigenvalue weighted by Gasteiger charge is -2.10. The Kier molecular flexibility index (Phi) is 6.53. The van der Waals surface area contributed by atoms with E-state index < -0.39 is 0 Å². The number of rotatable bonds is 8. The molecule has 0 saturated heterocycles. The van der Waals surface area contributed by atoms with E-state index in [1.54, 1.807) is 13.3 Å². The number of pyridine rings is 1. The molecule has 4 nitrogen and oxygen atoms in total. The molecule has 0 atom stereocenters. The van der Waals surface area contributed by atoms with Crippen LogP contribution >= 0.6 is 0 Å². The molecular weight excluding hydrogens is 204 g/mol. The Morgan fingerprint density at radius 2 is 2.25 bits per heavy atom. The van der Waals surface area contributed by atoms with Crippen molar-refractivity contribution in [2.45, 2.75) is 20.0 Å². The van der Waals surface area contributed by atoms with Gasteiger partial charge in [-0.15, -0.1) is 0 Å². The largest absolute Gasteiger partial charge is 0.382 e. The fraction of sp³-hybridized carbons (Fsp3) is 0.583. The molecule has 0 saturated carbocycles. The van der Waals surface area contributed by atoms with E-state index in [1.807, 2.05) is 12.1 Å². The zero-order valence-corrected chi connectivity index (χ0v) is 10.0. The lowest BCUT2D eigenvalue weighted by Crippen LogP contribution is -2.07. The molecule has 4 heteroatoms. The van der Waals surface area contributed by atoms with Crippen LogP contribution in [0.4, 0.5) is 5.82 Å². The van der Waals surface area contributed by atoms with Gasteiger partial charge in [-0.3, -0.25) is 0 Å². The fourth-order valence-corrected chi connectivity index (χ4v) is 1.28. The molecule has 1 aromatic rings. The summed E-state index contributed by atoms with van der Waals surface area (Å²) >= 11 is 0. The van der Waals surface area contributed by atoms with E-state index in [-0.39, 0.29) is 0 Å². The van der Waals surface area contributed by atoms with Crippen LogP contribution in [0.1, 0.15) is 18.9 Å². The number of nitrogens with zero attached hydrogens (tertiary/aromatic N) is 1. The molecule has 0 unspecified atom stereocenters. The maximum Gasteiger partial charge on any atom is 0.131 e. The Morgan fingerprint density at radius 3 is 3.00 bits per heavy atom. The van der Waals surface area contributed by atoms with Crippen molar-refractivity contribution in [3.63, 3.8) is 0 Å². The molecule has 0 aliphatic rings. The Hall–Kier alpha value is -1.13. The maximum absolute atomic E-state index is 5.48. The zero-order valence-electron chi connectivity index (χ0n) is 10.0. The molecule has 90 valence electrons. The summed E-state index contributed by atoms with van der Waals surface area (Å²) in [5.74, 6) is 0.918. The normalized spacial score (nSPS) is 10.4. The average molecular weight is 224 g/mol. The van der Waals surface area contributed by atoms with Gasteiger partial charge in [-0.2, -0.15) is 0 Å². The Morgan fingerprint density at radius 1 is 1.38 bits per heavy atom. The molecule has 0 radical (unpaired) electrons. The molecule has 1 heterocycles. The monoisotopic (exact) mass is 224 g/mol. The third kappa shape index (κ3) is 4.59. The Bertz CT molecular complexity index is 292. The minimum atomic E-state index is 0.573. The van der Waals surface area contributed by atoms with Gasteiger partial charge in [-0.05, 0) is 12.5 Å². The van der Waals surface area contributed by atoms with E-state index in [0.717, 1.165) is 24.3 Å². The van der Waals surface area contributed by atoms with Gasteiger partial charge in [0.15, 0.2) is 0 Å². The second-order valence-electron chi connectivity index (χ2n) is 3.48. The predicted molar refractivity (Wildman–Crippen MR) is 64.5 cm³/mol. The lowest BCUT2D eigenvalue weighted by atomic mass is 10.2. The van der Waals surface area contributed by atoms with Crippen LogP contribution in [-0.4, -0.2) is 31.9 Å². The van der Waals surface area contributed by atoms with Gasteiger partial charge in [0.05, 0.1) is 19.8 Å². The first kappa shape index (κ1) is 12.9. The van der Waals surface area contributed by atoms with Crippen LogP contribution in [0.15, 0.2) is 18.3 Å². The second kappa shape index (κ2) is 8.07. The summed E-state index contributed by atoms with van der Waals surface area (Å²) in [6.07, 6.45) is 2.87. The first-order valence-corrected chi connectivity index (χ1v) is 5.63. The summed E-state index contributed by atoms with van der Waals surface area (Å²) < 4.78 is 10.4. The molecule has 0 aliphatic heterocycles. The van der Waals surface area contributed by atoms with Gasteiger partial charge >= 0.3 is 0 Å². The average Bonchev–Trinajstić information content (AvgIpc) is 2.33. The molecule has 0 amide bonds. The smallest absolute Gasteiger partial charge is 0.131 e.